The number of dihydropyridines is 1. The first kappa shape index (κ1) is 22.2. The van der Waals surface area contributed by atoms with Crippen LogP contribution in [0.1, 0.15) is 32.8 Å². The van der Waals surface area contributed by atoms with Crippen molar-refractivity contribution in [2.45, 2.75) is 45.3 Å². The van der Waals surface area contributed by atoms with E-state index >= 15 is 0 Å². The molecule has 2 aliphatic heterocycles. The summed E-state index contributed by atoms with van der Waals surface area (Å²) in [6.07, 6.45) is 8.82. The summed E-state index contributed by atoms with van der Waals surface area (Å²) in [5.41, 5.74) is 1.27. The van der Waals surface area contributed by atoms with E-state index < -0.39 is 5.60 Å². The summed E-state index contributed by atoms with van der Waals surface area (Å²) in [6.45, 7) is 7.07. The van der Waals surface area contributed by atoms with Gasteiger partial charge in [0.25, 0.3) is 0 Å². The first-order valence-corrected chi connectivity index (χ1v) is 10.5. The fourth-order valence-electron chi connectivity index (χ4n) is 3.26. The molecule has 3 rings (SSSR count). The molecule has 0 fully saturated rings. The Morgan fingerprint density at radius 2 is 2.17 bits per heavy atom. The molecule has 1 aromatic rings. The van der Waals surface area contributed by atoms with Gasteiger partial charge in [-0.1, -0.05) is 35.9 Å². The molecule has 5 nitrogen and oxygen atoms in total. The van der Waals surface area contributed by atoms with Crippen molar-refractivity contribution in [3.05, 3.63) is 70.4 Å². The molecule has 1 aromatic carbocycles. The van der Waals surface area contributed by atoms with Gasteiger partial charge in [-0.3, -0.25) is 0 Å². The Morgan fingerprint density at radius 3 is 2.83 bits per heavy atom. The fourth-order valence-corrected chi connectivity index (χ4v) is 3.42. The second kappa shape index (κ2) is 9.56. The van der Waals surface area contributed by atoms with Gasteiger partial charge in [0.2, 0.25) is 0 Å². The highest BCUT2D eigenvalue weighted by Crippen LogP contribution is 2.21. The molecule has 30 heavy (non-hydrogen) atoms. The van der Waals surface area contributed by atoms with E-state index in [1.54, 1.807) is 17.0 Å². The first-order valence-electron chi connectivity index (χ1n) is 10.1. The summed E-state index contributed by atoms with van der Waals surface area (Å²) >= 11 is 5.79. The predicted octanol–water partition coefficient (Wildman–Crippen LogP) is 4.97. The topological polar surface area (TPSA) is 50.8 Å². The molecule has 1 amide bonds. The normalized spacial score (nSPS) is 19.0. The molecule has 1 unspecified atom stereocenters. The van der Waals surface area contributed by atoms with E-state index in [2.05, 4.69) is 17.5 Å². The van der Waals surface area contributed by atoms with Crippen LogP contribution >= 0.6 is 11.6 Å². The number of carbonyl (C=O) groups excluding carboxylic acids is 1. The number of hydrogen-bond acceptors (Lipinski definition) is 4. The minimum Gasteiger partial charge on any atom is -0.479 e. The molecule has 0 spiro atoms. The Morgan fingerprint density at radius 1 is 1.37 bits per heavy atom. The third-order valence-corrected chi connectivity index (χ3v) is 5.02. The van der Waals surface area contributed by atoms with Gasteiger partial charge in [0, 0.05) is 24.5 Å². The number of carbonyl (C=O) groups is 1. The van der Waals surface area contributed by atoms with Gasteiger partial charge in [0.05, 0.1) is 12.6 Å². The van der Waals surface area contributed by atoms with Crippen molar-refractivity contribution in [3.8, 4) is 0 Å². The summed E-state index contributed by atoms with van der Waals surface area (Å²) in [6, 6.07) is 4.67. The van der Waals surface area contributed by atoms with Gasteiger partial charge in [-0.05, 0) is 56.5 Å². The van der Waals surface area contributed by atoms with Crippen LogP contribution in [0.15, 0.2) is 54.0 Å². The average molecular weight is 435 g/mol. The lowest BCUT2D eigenvalue weighted by Crippen LogP contribution is -2.41. The zero-order chi connectivity index (χ0) is 21.7. The molecular formula is C23H28ClFN2O3. The molecule has 7 heteroatoms. The maximum absolute atomic E-state index is 13.9. The Hall–Kier alpha value is -2.47. The number of halogens is 2. The summed E-state index contributed by atoms with van der Waals surface area (Å²) in [5, 5.41) is 3.73. The summed E-state index contributed by atoms with van der Waals surface area (Å²) in [7, 11) is 0. The minimum atomic E-state index is -0.499. The zero-order valence-electron chi connectivity index (χ0n) is 17.6. The van der Waals surface area contributed by atoms with E-state index in [-0.39, 0.29) is 18.0 Å². The number of benzene rings is 1. The molecule has 1 atom stereocenters. The maximum Gasteiger partial charge on any atom is 0.410 e. The molecule has 162 valence electrons. The highest BCUT2D eigenvalue weighted by Gasteiger charge is 2.26. The third-order valence-electron chi connectivity index (χ3n) is 4.79. The second-order valence-electron chi connectivity index (χ2n) is 8.33. The molecule has 2 heterocycles. The van der Waals surface area contributed by atoms with Crippen LogP contribution in [0.5, 0.6) is 0 Å². The Kier molecular flexibility index (Phi) is 7.08. The number of ether oxygens (including phenoxy) is 2. The first-order chi connectivity index (χ1) is 14.2. The lowest BCUT2D eigenvalue weighted by atomic mass is 9.98. The Balaban J connectivity index is 1.48. The van der Waals surface area contributed by atoms with Crippen LogP contribution in [-0.2, 0) is 15.9 Å². The van der Waals surface area contributed by atoms with Crippen molar-refractivity contribution in [1.29, 1.82) is 0 Å². The zero-order valence-corrected chi connectivity index (χ0v) is 18.3. The molecule has 0 saturated heterocycles. The van der Waals surface area contributed by atoms with Gasteiger partial charge < -0.3 is 19.7 Å². The van der Waals surface area contributed by atoms with Gasteiger partial charge in [0.1, 0.15) is 11.4 Å². The van der Waals surface area contributed by atoms with Crippen LogP contribution in [0.4, 0.5) is 9.18 Å². The average Bonchev–Trinajstić information content (AvgIpc) is 2.69. The standard InChI is InChI=1S/C23H28ClFN2O3/c1-23(2,3)30-22(28)27-12-9-17(10-13-27)20-5-4-6-21(26-20)29-14-11-16-7-8-18(24)15-19(16)25/h4-9,15,20,26H,10-14H2,1-3H3. The Bertz CT molecular complexity index is 874. The van der Waals surface area contributed by atoms with E-state index in [0.29, 0.717) is 42.6 Å². The van der Waals surface area contributed by atoms with Gasteiger partial charge in [-0.15, -0.1) is 0 Å². The van der Waals surface area contributed by atoms with E-state index in [0.717, 1.165) is 6.42 Å². The summed E-state index contributed by atoms with van der Waals surface area (Å²) in [5.74, 6) is 0.323. The number of rotatable bonds is 5. The van der Waals surface area contributed by atoms with Crippen molar-refractivity contribution in [3.63, 3.8) is 0 Å². The number of nitrogens with zero attached hydrogens (tertiary/aromatic N) is 1. The largest absolute Gasteiger partial charge is 0.479 e. The van der Waals surface area contributed by atoms with E-state index in [1.807, 2.05) is 32.9 Å². The van der Waals surface area contributed by atoms with Crippen LogP contribution in [0.3, 0.4) is 0 Å². The van der Waals surface area contributed by atoms with Crippen molar-refractivity contribution in [1.82, 2.24) is 10.2 Å². The summed E-state index contributed by atoms with van der Waals surface area (Å²) in [4.78, 5) is 13.9. The third kappa shape index (κ3) is 6.26. The molecule has 0 aromatic heterocycles. The molecule has 2 aliphatic rings. The number of nitrogens with one attached hydrogen (secondary N) is 1. The van der Waals surface area contributed by atoms with Crippen LogP contribution in [-0.4, -0.2) is 42.3 Å². The molecule has 0 aliphatic carbocycles. The van der Waals surface area contributed by atoms with Crippen molar-refractivity contribution < 1.29 is 18.7 Å². The highest BCUT2D eigenvalue weighted by atomic mass is 35.5. The predicted molar refractivity (Wildman–Crippen MR) is 116 cm³/mol. The fraction of sp³-hybridized carbons (Fsp3) is 0.435. The quantitative estimate of drug-likeness (QED) is 0.664. The Labute approximate surface area is 182 Å². The van der Waals surface area contributed by atoms with Gasteiger partial charge in [-0.25, -0.2) is 9.18 Å². The number of allylic oxidation sites excluding steroid dienone is 2. The number of amides is 1. The SMILES string of the molecule is CC(C)(C)OC(=O)N1CC=C(C2C=CC=C(OCCc3ccc(Cl)cc3F)N2)CC1. The van der Waals surface area contributed by atoms with E-state index in [4.69, 9.17) is 21.1 Å². The van der Waals surface area contributed by atoms with Crippen LogP contribution < -0.4 is 5.32 Å². The van der Waals surface area contributed by atoms with Crippen LogP contribution in [0.2, 0.25) is 5.02 Å². The minimum absolute atomic E-state index is 0.0121. The highest BCUT2D eigenvalue weighted by molar-refractivity contribution is 6.30. The van der Waals surface area contributed by atoms with E-state index in [1.165, 1.54) is 11.6 Å². The smallest absolute Gasteiger partial charge is 0.410 e. The van der Waals surface area contributed by atoms with Gasteiger partial charge in [0.15, 0.2) is 5.88 Å². The lowest BCUT2D eigenvalue weighted by Gasteiger charge is -2.32. The maximum atomic E-state index is 13.9. The molecule has 0 radical (unpaired) electrons. The summed E-state index contributed by atoms with van der Waals surface area (Å²) < 4.78 is 25.1. The van der Waals surface area contributed by atoms with Gasteiger partial charge >= 0.3 is 6.09 Å². The van der Waals surface area contributed by atoms with Crippen molar-refractivity contribution >= 4 is 17.7 Å². The van der Waals surface area contributed by atoms with E-state index in [9.17, 15) is 9.18 Å². The lowest BCUT2D eigenvalue weighted by molar-refractivity contribution is 0.0264. The van der Waals surface area contributed by atoms with Crippen LogP contribution in [0.25, 0.3) is 0 Å². The van der Waals surface area contributed by atoms with Crippen molar-refractivity contribution in [2.24, 2.45) is 0 Å². The molecule has 1 N–H and O–H groups in total. The molecule has 0 bridgehead atoms. The van der Waals surface area contributed by atoms with Crippen LogP contribution in [0, 0.1) is 5.82 Å². The number of hydrogen-bond donors (Lipinski definition) is 1. The van der Waals surface area contributed by atoms with Crippen molar-refractivity contribution in [2.75, 3.05) is 19.7 Å². The monoisotopic (exact) mass is 434 g/mol. The van der Waals surface area contributed by atoms with Gasteiger partial charge in [-0.2, -0.15) is 0 Å². The molecule has 0 saturated carbocycles. The molecular weight excluding hydrogens is 407 g/mol. The second-order valence-corrected chi connectivity index (χ2v) is 8.76.